The molecule has 0 spiro atoms. The van der Waals surface area contributed by atoms with Crippen LogP contribution in [0.25, 0.3) is 11.4 Å². The van der Waals surface area contributed by atoms with Crippen LogP contribution >= 0.6 is 0 Å². The summed E-state index contributed by atoms with van der Waals surface area (Å²) >= 11 is 0. The predicted octanol–water partition coefficient (Wildman–Crippen LogP) is 1.39. The molecule has 25 heavy (non-hydrogen) atoms. The van der Waals surface area contributed by atoms with Crippen molar-refractivity contribution in [2.75, 3.05) is 7.05 Å². The molecule has 2 aliphatic rings. The van der Waals surface area contributed by atoms with Crippen LogP contribution in [0.3, 0.4) is 0 Å². The summed E-state index contributed by atoms with van der Waals surface area (Å²) in [5.74, 6) is 7.49. The Morgan fingerprint density at radius 1 is 1.40 bits per heavy atom. The van der Waals surface area contributed by atoms with E-state index in [1.807, 2.05) is 6.07 Å². The number of ether oxygens (including phenoxy) is 1. The van der Waals surface area contributed by atoms with Crippen molar-refractivity contribution < 1.29 is 9.53 Å². The molecular formula is C18H19N5O2. The van der Waals surface area contributed by atoms with Gasteiger partial charge < -0.3 is 10.1 Å². The normalized spacial score (nSPS) is 16.0. The van der Waals surface area contributed by atoms with Gasteiger partial charge in [0, 0.05) is 24.7 Å². The fourth-order valence-corrected chi connectivity index (χ4v) is 2.28. The van der Waals surface area contributed by atoms with Crippen molar-refractivity contribution in [3.8, 4) is 29.0 Å². The lowest BCUT2D eigenvalue weighted by Crippen LogP contribution is -2.23. The number of likely N-dealkylation sites (N-methyl/N-ethyl adjacent to an activating group) is 1. The molecule has 2 aromatic rings. The number of rotatable bonds is 5. The van der Waals surface area contributed by atoms with E-state index in [1.54, 1.807) is 19.4 Å². The second-order valence-corrected chi connectivity index (χ2v) is 6.41. The first-order valence-electron chi connectivity index (χ1n) is 8.50. The van der Waals surface area contributed by atoms with E-state index >= 15 is 0 Å². The SMILES string of the molecule is CNC(=O)Cn1cc(-c2ncc(C#CC3CC3)cc2OC2CC2)nn1. The van der Waals surface area contributed by atoms with Crippen LogP contribution in [-0.2, 0) is 11.3 Å². The monoisotopic (exact) mass is 337 g/mol. The van der Waals surface area contributed by atoms with Gasteiger partial charge in [-0.2, -0.15) is 0 Å². The molecule has 2 aromatic heterocycles. The number of pyridine rings is 1. The fourth-order valence-electron chi connectivity index (χ4n) is 2.28. The molecule has 0 bridgehead atoms. The zero-order chi connectivity index (χ0) is 17.2. The van der Waals surface area contributed by atoms with Crippen LogP contribution in [0.15, 0.2) is 18.5 Å². The van der Waals surface area contributed by atoms with E-state index < -0.39 is 0 Å². The maximum atomic E-state index is 11.5. The summed E-state index contributed by atoms with van der Waals surface area (Å²) in [4.78, 5) is 16.0. The van der Waals surface area contributed by atoms with Crippen LogP contribution in [0.2, 0.25) is 0 Å². The Morgan fingerprint density at radius 3 is 2.96 bits per heavy atom. The van der Waals surface area contributed by atoms with Gasteiger partial charge in [0.25, 0.3) is 0 Å². The molecule has 0 atom stereocenters. The van der Waals surface area contributed by atoms with E-state index in [2.05, 4.69) is 32.5 Å². The molecule has 2 fully saturated rings. The number of hydrogen-bond donors (Lipinski definition) is 1. The van der Waals surface area contributed by atoms with Gasteiger partial charge in [-0.1, -0.05) is 17.1 Å². The number of nitrogens with zero attached hydrogens (tertiary/aromatic N) is 4. The van der Waals surface area contributed by atoms with Gasteiger partial charge >= 0.3 is 0 Å². The number of hydrogen-bond acceptors (Lipinski definition) is 5. The Kier molecular flexibility index (Phi) is 4.10. The van der Waals surface area contributed by atoms with Crippen LogP contribution in [-0.4, -0.2) is 39.0 Å². The van der Waals surface area contributed by atoms with Gasteiger partial charge in [-0.15, -0.1) is 5.10 Å². The van der Waals surface area contributed by atoms with E-state index in [0.29, 0.717) is 23.1 Å². The lowest BCUT2D eigenvalue weighted by atomic mass is 10.2. The van der Waals surface area contributed by atoms with E-state index in [-0.39, 0.29) is 18.6 Å². The molecule has 1 N–H and O–H groups in total. The zero-order valence-electron chi connectivity index (χ0n) is 14.0. The molecule has 0 aliphatic heterocycles. The smallest absolute Gasteiger partial charge is 0.241 e. The first kappa shape index (κ1) is 15.6. The van der Waals surface area contributed by atoms with E-state index in [1.165, 1.54) is 17.5 Å². The third kappa shape index (κ3) is 3.97. The zero-order valence-corrected chi connectivity index (χ0v) is 14.0. The molecule has 0 unspecified atom stereocenters. The molecule has 128 valence electrons. The molecule has 0 radical (unpaired) electrons. The van der Waals surface area contributed by atoms with Crippen LogP contribution < -0.4 is 10.1 Å². The van der Waals surface area contributed by atoms with E-state index in [9.17, 15) is 4.79 Å². The molecule has 4 rings (SSSR count). The molecule has 7 nitrogen and oxygen atoms in total. The predicted molar refractivity (Wildman–Crippen MR) is 90.6 cm³/mol. The summed E-state index contributed by atoms with van der Waals surface area (Å²) in [6.07, 6.45) is 8.18. The van der Waals surface area contributed by atoms with Gasteiger partial charge in [0.1, 0.15) is 23.7 Å². The summed E-state index contributed by atoms with van der Waals surface area (Å²) < 4.78 is 7.48. The van der Waals surface area contributed by atoms with E-state index in [4.69, 9.17) is 4.74 Å². The van der Waals surface area contributed by atoms with Gasteiger partial charge in [-0.05, 0) is 31.7 Å². The van der Waals surface area contributed by atoms with Crippen LogP contribution in [0.5, 0.6) is 5.75 Å². The molecule has 7 heteroatoms. The first-order chi connectivity index (χ1) is 12.2. The van der Waals surface area contributed by atoms with Crippen LogP contribution in [0.4, 0.5) is 0 Å². The van der Waals surface area contributed by atoms with E-state index in [0.717, 1.165) is 18.4 Å². The average molecular weight is 337 g/mol. The van der Waals surface area contributed by atoms with Gasteiger partial charge in [-0.3, -0.25) is 4.79 Å². The number of aromatic nitrogens is 4. The lowest BCUT2D eigenvalue weighted by Gasteiger charge is -2.08. The first-order valence-corrected chi connectivity index (χ1v) is 8.50. The molecule has 1 amide bonds. The Hall–Kier alpha value is -2.88. The molecule has 2 aliphatic carbocycles. The van der Waals surface area contributed by atoms with Crippen molar-refractivity contribution in [3.63, 3.8) is 0 Å². The van der Waals surface area contributed by atoms with Crippen molar-refractivity contribution in [1.82, 2.24) is 25.3 Å². The summed E-state index contributed by atoms with van der Waals surface area (Å²) in [6.45, 7) is 0.118. The molecule has 0 aromatic carbocycles. The highest BCUT2D eigenvalue weighted by molar-refractivity contribution is 5.75. The van der Waals surface area contributed by atoms with Gasteiger partial charge in [-0.25, -0.2) is 9.67 Å². The standard InChI is InChI=1S/C18H19N5O2/c1-19-17(24)11-23-10-15(21-22-23)18-16(25-14-6-7-14)8-13(9-20-18)5-4-12-2-3-12/h8-10,12,14H,2-3,6-7,11H2,1H3,(H,19,24). The van der Waals surface area contributed by atoms with Crippen molar-refractivity contribution in [2.45, 2.75) is 38.3 Å². The topological polar surface area (TPSA) is 81.9 Å². The summed E-state index contributed by atoms with van der Waals surface area (Å²) in [5, 5.41) is 10.7. The number of carbonyl (C=O) groups is 1. The maximum Gasteiger partial charge on any atom is 0.241 e. The minimum absolute atomic E-state index is 0.118. The number of nitrogens with one attached hydrogen (secondary N) is 1. The van der Waals surface area contributed by atoms with Crippen molar-refractivity contribution in [1.29, 1.82) is 0 Å². The molecule has 2 saturated carbocycles. The van der Waals surface area contributed by atoms with Gasteiger partial charge in [0.2, 0.25) is 5.91 Å². The van der Waals surface area contributed by atoms with Crippen LogP contribution in [0.1, 0.15) is 31.2 Å². The lowest BCUT2D eigenvalue weighted by molar-refractivity contribution is -0.121. The van der Waals surface area contributed by atoms with Crippen molar-refractivity contribution in [3.05, 3.63) is 24.0 Å². The second-order valence-electron chi connectivity index (χ2n) is 6.41. The highest BCUT2D eigenvalue weighted by atomic mass is 16.5. The minimum atomic E-state index is -0.135. The van der Waals surface area contributed by atoms with Crippen molar-refractivity contribution >= 4 is 5.91 Å². The third-order valence-corrected chi connectivity index (χ3v) is 4.03. The Morgan fingerprint density at radius 2 is 2.24 bits per heavy atom. The van der Waals surface area contributed by atoms with Gasteiger partial charge in [0.15, 0.2) is 0 Å². The third-order valence-electron chi connectivity index (χ3n) is 4.03. The summed E-state index contributed by atoms with van der Waals surface area (Å²) in [5.41, 5.74) is 2.07. The second kappa shape index (κ2) is 6.55. The number of amides is 1. The largest absolute Gasteiger partial charge is 0.488 e. The summed E-state index contributed by atoms with van der Waals surface area (Å²) in [6, 6.07) is 1.92. The van der Waals surface area contributed by atoms with Crippen LogP contribution in [0, 0.1) is 17.8 Å². The highest BCUT2D eigenvalue weighted by Crippen LogP contribution is 2.33. The van der Waals surface area contributed by atoms with Crippen molar-refractivity contribution in [2.24, 2.45) is 5.92 Å². The molecular weight excluding hydrogens is 318 g/mol. The highest BCUT2D eigenvalue weighted by Gasteiger charge is 2.26. The quantitative estimate of drug-likeness (QED) is 0.834. The van der Waals surface area contributed by atoms with Gasteiger partial charge in [0.05, 0.1) is 12.3 Å². The summed E-state index contributed by atoms with van der Waals surface area (Å²) in [7, 11) is 1.59. The minimum Gasteiger partial charge on any atom is -0.488 e. The Bertz CT molecular complexity index is 856. The Balaban J connectivity index is 1.61. The molecule has 2 heterocycles. The average Bonchev–Trinajstić information content (AvgIpc) is 3.54. The molecule has 0 saturated heterocycles. The Labute approximate surface area is 145 Å². The maximum absolute atomic E-state index is 11.5. The number of carbonyl (C=O) groups excluding carboxylic acids is 1. The fraction of sp³-hybridized carbons (Fsp3) is 0.444.